The average molecular weight is 400 g/mol. The number of nitrogens with zero attached hydrogens (tertiary/aromatic N) is 3. The molecule has 2 aromatic rings. The summed E-state index contributed by atoms with van der Waals surface area (Å²) in [5.74, 6) is -3.54. The first kappa shape index (κ1) is 19.5. The molecule has 1 atom stereocenters. The van der Waals surface area contributed by atoms with Crippen molar-refractivity contribution in [2.24, 2.45) is 7.05 Å². The minimum atomic E-state index is -2.81. The zero-order chi connectivity index (χ0) is 18.5. The van der Waals surface area contributed by atoms with Crippen LogP contribution >= 0.6 is 12.4 Å². The molecule has 2 fully saturated rings. The maximum absolute atomic E-state index is 14.3. The molecule has 2 aliphatic rings. The molecule has 146 valence electrons. The molecule has 0 radical (unpaired) electrons. The molecule has 10 heteroatoms. The predicted molar refractivity (Wildman–Crippen MR) is 98.6 cm³/mol. The Hall–Kier alpha value is -2.26. The maximum Gasteiger partial charge on any atom is 0.329 e. The SMILES string of the molecule is Cl.Cn1nc(N2CCC(=O)NC2=O)c2ccc([C@@H]3CCNCC3(F)F)cc21. The van der Waals surface area contributed by atoms with Crippen LogP contribution < -0.4 is 15.5 Å². The molecular weight excluding hydrogens is 380 g/mol. The summed E-state index contributed by atoms with van der Waals surface area (Å²) >= 11 is 0. The topological polar surface area (TPSA) is 79.3 Å². The fourth-order valence-electron chi connectivity index (χ4n) is 3.68. The van der Waals surface area contributed by atoms with Crippen molar-refractivity contribution < 1.29 is 18.4 Å². The number of imide groups is 1. The van der Waals surface area contributed by atoms with Crippen LogP contribution in [0.25, 0.3) is 10.9 Å². The number of halogens is 3. The number of urea groups is 1. The van der Waals surface area contributed by atoms with E-state index in [-0.39, 0.29) is 37.8 Å². The number of alkyl halides is 2. The number of rotatable bonds is 2. The number of hydrogen-bond donors (Lipinski definition) is 2. The molecule has 0 unspecified atom stereocenters. The molecule has 2 aliphatic heterocycles. The second kappa shape index (κ2) is 7.05. The lowest BCUT2D eigenvalue weighted by molar-refractivity contribution is -0.120. The molecule has 2 saturated heterocycles. The number of carbonyl (C=O) groups is 2. The summed E-state index contributed by atoms with van der Waals surface area (Å²) in [6, 6.07) is 4.62. The van der Waals surface area contributed by atoms with Crippen molar-refractivity contribution in [3.8, 4) is 0 Å². The van der Waals surface area contributed by atoms with Gasteiger partial charge in [0.05, 0.1) is 18.0 Å². The van der Waals surface area contributed by atoms with Gasteiger partial charge in [-0.2, -0.15) is 5.10 Å². The third-order valence-corrected chi connectivity index (χ3v) is 5.05. The van der Waals surface area contributed by atoms with E-state index < -0.39 is 17.9 Å². The van der Waals surface area contributed by atoms with E-state index in [9.17, 15) is 18.4 Å². The standard InChI is InChI=1S/C17H19F2N5O2.ClH/c1-23-13-8-10(12-4-6-20-9-17(12,18)19)2-3-11(13)15(22-23)24-7-5-14(25)21-16(24)26;/h2-3,8,12,20H,4-7,9H2,1H3,(H,21,25,26);1H/t12-;/m0./s1. The largest absolute Gasteiger partial charge is 0.329 e. The van der Waals surface area contributed by atoms with Crippen molar-refractivity contribution in [1.82, 2.24) is 20.4 Å². The minimum Gasteiger partial charge on any atom is -0.311 e. The van der Waals surface area contributed by atoms with Crippen LogP contribution in [0.1, 0.15) is 24.3 Å². The summed E-state index contributed by atoms with van der Waals surface area (Å²) in [7, 11) is 1.71. The van der Waals surface area contributed by atoms with Crippen molar-refractivity contribution in [2.75, 3.05) is 24.5 Å². The van der Waals surface area contributed by atoms with Gasteiger partial charge in [-0.05, 0) is 30.7 Å². The molecule has 3 amide bonds. The third-order valence-electron chi connectivity index (χ3n) is 5.05. The molecule has 0 saturated carbocycles. The lowest BCUT2D eigenvalue weighted by Crippen LogP contribution is -2.49. The van der Waals surface area contributed by atoms with Gasteiger partial charge >= 0.3 is 6.03 Å². The van der Waals surface area contributed by atoms with Crippen molar-refractivity contribution in [1.29, 1.82) is 0 Å². The molecule has 27 heavy (non-hydrogen) atoms. The minimum absolute atomic E-state index is 0. The Morgan fingerprint density at radius 2 is 2.07 bits per heavy atom. The number of piperidine rings is 1. The number of hydrogen-bond acceptors (Lipinski definition) is 4. The Bertz CT molecular complexity index is 901. The summed E-state index contributed by atoms with van der Waals surface area (Å²) in [6.07, 6.45) is 0.559. The molecule has 0 spiro atoms. The second-order valence-corrected chi connectivity index (χ2v) is 6.76. The first-order valence-electron chi connectivity index (χ1n) is 8.53. The first-order valence-corrected chi connectivity index (χ1v) is 8.53. The smallest absolute Gasteiger partial charge is 0.311 e. The molecule has 7 nitrogen and oxygen atoms in total. The number of fused-ring (bicyclic) bond motifs is 1. The zero-order valence-electron chi connectivity index (χ0n) is 14.7. The van der Waals surface area contributed by atoms with Crippen LogP contribution in [-0.2, 0) is 11.8 Å². The van der Waals surface area contributed by atoms with Gasteiger partial charge in [0.2, 0.25) is 5.91 Å². The Kier molecular flexibility index (Phi) is 5.09. The van der Waals surface area contributed by atoms with Gasteiger partial charge in [0, 0.05) is 25.4 Å². The van der Waals surface area contributed by atoms with Crippen LogP contribution in [0.3, 0.4) is 0 Å². The number of aryl methyl sites for hydroxylation is 1. The quantitative estimate of drug-likeness (QED) is 0.811. The van der Waals surface area contributed by atoms with Crippen LogP contribution in [0.4, 0.5) is 19.4 Å². The molecule has 4 rings (SSSR count). The molecule has 1 aromatic carbocycles. The van der Waals surface area contributed by atoms with Gasteiger partial charge in [-0.1, -0.05) is 6.07 Å². The zero-order valence-corrected chi connectivity index (χ0v) is 15.5. The summed E-state index contributed by atoms with van der Waals surface area (Å²) in [4.78, 5) is 24.8. The Morgan fingerprint density at radius 1 is 1.30 bits per heavy atom. The number of nitrogens with one attached hydrogen (secondary N) is 2. The van der Waals surface area contributed by atoms with Crippen LogP contribution in [0.5, 0.6) is 0 Å². The highest BCUT2D eigenvalue weighted by molar-refractivity contribution is 6.08. The van der Waals surface area contributed by atoms with Crippen molar-refractivity contribution >= 4 is 41.1 Å². The lowest BCUT2D eigenvalue weighted by atomic mass is 9.86. The van der Waals surface area contributed by atoms with Gasteiger partial charge in [0.15, 0.2) is 5.82 Å². The van der Waals surface area contributed by atoms with Gasteiger partial charge in [0.1, 0.15) is 0 Å². The Balaban J connectivity index is 0.00000210. The summed E-state index contributed by atoms with van der Waals surface area (Å²) in [6.45, 7) is 0.468. The number of amides is 3. The van der Waals surface area contributed by atoms with E-state index in [0.29, 0.717) is 35.2 Å². The maximum atomic E-state index is 14.3. The number of benzene rings is 1. The van der Waals surface area contributed by atoms with Gasteiger partial charge < -0.3 is 5.32 Å². The highest BCUT2D eigenvalue weighted by Gasteiger charge is 2.42. The van der Waals surface area contributed by atoms with E-state index >= 15 is 0 Å². The molecule has 1 aromatic heterocycles. The van der Waals surface area contributed by atoms with Crippen molar-refractivity contribution in [3.05, 3.63) is 23.8 Å². The normalized spacial score (nSPS) is 22.5. The average Bonchev–Trinajstić information content (AvgIpc) is 2.91. The molecular formula is C17H20ClF2N5O2. The van der Waals surface area contributed by atoms with Crippen LogP contribution in [0.2, 0.25) is 0 Å². The monoisotopic (exact) mass is 399 g/mol. The number of aromatic nitrogens is 2. The van der Waals surface area contributed by atoms with Gasteiger partial charge in [-0.3, -0.25) is 19.7 Å². The van der Waals surface area contributed by atoms with Gasteiger partial charge in [-0.25, -0.2) is 13.6 Å². The van der Waals surface area contributed by atoms with Crippen LogP contribution in [0.15, 0.2) is 18.2 Å². The summed E-state index contributed by atoms with van der Waals surface area (Å²) < 4.78 is 30.1. The van der Waals surface area contributed by atoms with E-state index in [4.69, 9.17) is 0 Å². The fraction of sp³-hybridized carbons (Fsp3) is 0.471. The van der Waals surface area contributed by atoms with E-state index in [1.165, 1.54) is 4.90 Å². The lowest BCUT2D eigenvalue weighted by Gasteiger charge is -2.32. The molecule has 3 heterocycles. The van der Waals surface area contributed by atoms with Crippen molar-refractivity contribution in [3.63, 3.8) is 0 Å². The predicted octanol–water partition coefficient (Wildman–Crippen LogP) is 2.15. The number of anilines is 1. The van der Waals surface area contributed by atoms with E-state index in [1.807, 2.05) is 0 Å². The van der Waals surface area contributed by atoms with E-state index in [2.05, 4.69) is 15.7 Å². The molecule has 0 bridgehead atoms. The number of carbonyl (C=O) groups excluding carboxylic acids is 2. The highest BCUT2D eigenvalue weighted by atomic mass is 35.5. The molecule has 0 aliphatic carbocycles. The third kappa shape index (κ3) is 3.37. The molecule has 2 N–H and O–H groups in total. The van der Waals surface area contributed by atoms with E-state index in [0.717, 1.165) is 0 Å². The summed E-state index contributed by atoms with van der Waals surface area (Å²) in [5, 5.41) is 10.1. The highest BCUT2D eigenvalue weighted by Crippen LogP contribution is 2.39. The van der Waals surface area contributed by atoms with Gasteiger partial charge in [0.25, 0.3) is 5.92 Å². The second-order valence-electron chi connectivity index (χ2n) is 6.76. The fourth-order valence-corrected chi connectivity index (χ4v) is 3.68. The van der Waals surface area contributed by atoms with Crippen LogP contribution in [-0.4, -0.2) is 47.3 Å². The van der Waals surface area contributed by atoms with Crippen molar-refractivity contribution in [2.45, 2.75) is 24.7 Å². The summed E-state index contributed by atoms with van der Waals surface area (Å²) in [5.41, 5.74) is 1.24. The van der Waals surface area contributed by atoms with E-state index in [1.54, 1.807) is 29.9 Å². The Labute approximate surface area is 160 Å². The Morgan fingerprint density at radius 3 is 2.78 bits per heavy atom. The van der Waals surface area contributed by atoms with Gasteiger partial charge in [-0.15, -0.1) is 12.4 Å². The van der Waals surface area contributed by atoms with Crippen LogP contribution in [0, 0.1) is 0 Å². The first-order chi connectivity index (χ1) is 12.4.